The van der Waals surface area contributed by atoms with Crippen LogP contribution in [0.15, 0.2) is 132 Å². The summed E-state index contributed by atoms with van der Waals surface area (Å²) in [5.74, 6) is -1.34. The minimum absolute atomic E-state index is 0.00582. The van der Waals surface area contributed by atoms with Gasteiger partial charge in [0.05, 0.1) is 23.6 Å². The Hall–Kier alpha value is -6.38. The smallest absolute Gasteiger partial charge is 0.316 e. The van der Waals surface area contributed by atoms with Gasteiger partial charge in [0.15, 0.2) is 0 Å². The molecule has 7 aromatic rings. The highest BCUT2D eigenvalue weighted by Gasteiger charge is 2.38. The number of halogens is 2. The van der Waals surface area contributed by atoms with Crippen molar-refractivity contribution in [3.05, 3.63) is 167 Å². The van der Waals surface area contributed by atoms with Crippen molar-refractivity contribution < 1.29 is 13.7 Å². The molecule has 0 aliphatic carbocycles. The Morgan fingerprint density at radius 2 is 1.58 bits per heavy atom. The average molecular weight is 683 g/mol. The van der Waals surface area contributed by atoms with Crippen molar-refractivity contribution in [2.75, 3.05) is 0 Å². The molecule has 10 nitrogen and oxygen atoms in total. The van der Waals surface area contributed by atoms with E-state index in [2.05, 4.69) is 61.9 Å². The van der Waals surface area contributed by atoms with Crippen LogP contribution in [0.25, 0.3) is 22.8 Å². The van der Waals surface area contributed by atoms with Crippen molar-refractivity contribution in [1.82, 2.24) is 34.8 Å². The molecule has 0 bridgehead atoms. The second-order valence-electron chi connectivity index (χ2n) is 11.6. The number of aromatic nitrogens is 6. The number of nitrogens with zero attached hydrogens (tertiary/aromatic N) is 7. The van der Waals surface area contributed by atoms with E-state index < -0.39 is 23.3 Å². The number of amides is 1. The lowest BCUT2D eigenvalue weighted by molar-refractivity contribution is 0.0891. The third-order valence-corrected chi connectivity index (χ3v) is 8.62. The first kappa shape index (κ1) is 32.2. The summed E-state index contributed by atoms with van der Waals surface area (Å²) in [4.78, 5) is 22.1. The third-order valence-electron chi connectivity index (χ3n) is 8.32. The second-order valence-corrected chi connectivity index (χ2v) is 12.0. The van der Waals surface area contributed by atoms with Crippen LogP contribution >= 0.6 is 11.6 Å². The largest absolute Gasteiger partial charge is 0.344 e. The number of carbonyl (C=O) groups is 1. The fourth-order valence-corrected chi connectivity index (χ4v) is 6.33. The molecule has 7 rings (SSSR count). The molecular formula is C38H28ClFN8O2. The van der Waals surface area contributed by atoms with Crippen molar-refractivity contribution in [2.45, 2.75) is 25.0 Å². The van der Waals surface area contributed by atoms with E-state index >= 15 is 0 Å². The molecule has 0 spiro atoms. The van der Waals surface area contributed by atoms with Crippen LogP contribution in [-0.2, 0) is 12.1 Å². The molecule has 0 radical (unpaired) electrons. The zero-order valence-electron chi connectivity index (χ0n) is 26.6. The third kappa shape index (κ3) is 6.04. The fourth-order valence-electron chi connectivity index (χ4n) is 6.08. The minimum atomic E-state index is -0.777. The van der Waals surface area contributed by atoms with Gasteiger partial charge in [0.1, 0.15) is 28.7 Å². The first-order valence-corrected chi connectivity index (χ1v) is 16.0. The van der Waals surface area contributed by atoms with E-state index in [4.69, 9.17) is 21.4 Å². The lowest BCUT2D eigenvalue weighted by Gasteiger charge is -2.37. The van der Waals surface area contributed by atoms with Gasteiger partial charge >= 0.3 is 11.8 Å². The number of carbonyl (C=O) groups excluding carboxylic acids is 1. The van der Waals surface area contributed by atoms with E-state index in [1.807, 2.05) is 65.4 Å². The Morgan fingerprint density at radius 1 is 0.960 bits per heavy atom. The number of rotatable bonds is 10. The summed E-state index contributed by atoms with van der Waals surface area (Å²) < 4.78 is 23.3. The van der Waals surface area contributed by atoms with Crippen LogP contribution in [-0.4, -0.2) is 41.4 Å². The van der Waals surface area contributed by atoms with Crippen LogP contribution in [0.3, 0.4) is 0 Å². The highest BCUT2D eigenvalue weighted by atomic mass is 35.5. The summed E-state index contributed by atoms with van der Waals surface area (Å²) in [6, 6.07) is 36.3. The van der Waals surface area contributed by atoms with Crippen LogP contribution in [0.1, 0.15) is 39.9 Å². The van der Waals surface area contributed by atoms with Crippen molar-refractivity contribution >= 4 is 17.5 Å². The standard InChI is InChI=1S/C38H28ClFN8O2/c1-25(22-48-18-17-33(45-48)26-19-31(39)30(21-41)32(40)20-26)43-36(49)37-44-35(46-50-37)34-23-47(24-42-34)38(27-11-5-2-6-12-27,28-13-7-3-8-14-28)29-15-9-4-10-16-29/h2-20,23-25H,22H2,1H3,(H,43,49)/t25-/m0/s1. The lowest BCUT2D eigenvalue weighted by Crippen LogP contribution is -2.36. The Balaban J connectivity index is 1.11. The molecule has 1 N–H and O–H groups in total. The highest BCUT2D eigenvalue weighted by molar-refractivity contribution is 6.32. The summed E-state index contributed by atoms with van der Waals surface area (Å²) in [5, 5.41) is 20.5. The first-order chi connectivity index (χ1) is 24.4. The zero-order chi connectivity index (χ0) is 34.7. The number of benzene rings is 4. The summed E-state index contributed by atoms with van der Waals surface area (Å²) in [5.41, 5.74) is 3.41. The molecular weight excluding hydrogens is 655 g/mol. The highest BCUT2D eigenvalue weighted by Crippen LogP contribution is 2.41. The van der Waals surface area contributed by atoms with Gasteiger partial charge in [0.2, 0.25) is 5.82 Å². The molecule has 3 aromatic heterocycles. The van der Waals surface area contributed by atoms with Crippen molar-refractivity contribution in [3.63, 3.8) is 0 Å². The number of nitrogens with one attached hydrogen (secondary N) is 1. The van der Waals surface area contributed by atoms with Gasteiger partial charge in [-0.15, -0.1) is 0 Å². The Labute approximate surface area is 291 Å². The van der Waals surface area contributed by atoms with E-state index in [-0.39, 0.29) is 22.3 Å². The minimum Gasteiger partial charge on any atom is -0.344 e. The van der Waals surface area contributed by atoms with E-state index in [9.17, 15) is 9.18 Å². The van der Waals surface area contributed by atoms with Gasteiger partial charge in [-0.3, -0.25) is 9.48 Å². The zero-order valence-corrected chi connectivity index (χ0v) is 27.4. The fraction of sp³-hybridized carbons (Fsp3) is 0.105. The van der Waals surface area contributed by atoms with E-state index in [1.165, 1.54) is 12.1 Å². The molecule has 0 saturated heterocycles. The summed E-state index contributed by atoms with van der Waals surface area (Å²) in [6.07, 6.45) is 5.28. The monoisotopic (exact) mass is 682 g/mol. The van der Waals surface area contributed by atoms with Gasteiger partial charge in [0, 0.05) is 24.0 Å². The molecule has 246 valence electrons. The van der Waals surface area contributed by atoms with Crippen molar-refractivity contribution in [1.29, 1.82) is 5.26 Å². The Kier molecular flexibility index (Phi) is 8.77. The molecule has 50 heavy (non-hydrogen) atoms. The summed E-state index contributed by atoms with van der Waals surface area (Å²) in [7, 11) is 0. The second kappa shape index (κ2) is 13.6. The molecule has 0 saturated carbocycles. The SMILES string of the molecule is C[C@@H](Cn1ccc(-c2cc(F)c(C#N)c(Cl)c2)n1)NC(=O)c1nc(-c2cn(C(c3ccccc3)(c3ccccc3)c3ccccc3)cn2)no1. The Bertz CT molecular complexity index is 2190. The average Bonchev–Trinajstić information content (AvgIpc) is 3.92. The molecule has 0 aliphatic rings. The molecule has 1 amide bonds. The van der Waals surface area contributed by atoms with E-state index in [0.29, 0.717) is 23.5 Å². The predicted molar refractivity (Wildman–Crippen MR) is 184 cm³/mol. The van der Waals surface area contributed by atoms with Gasteiger partial charge in [-0.2, -0.15) is 15.3 Å². The van der Waals surface area contributed by atoms with Gasteiger partial charge in [-0.05, 0) is 41.8 Å². The molecule has 1 atom stereocenters. The quantitative estimate of drug-likeness (QED) is 0.152. The molecule has 0 aliphatic heterocycles. The van der Waals surface area contributed by atoms with E-state index in [1.54, 1.807) is 36.3 Å². The molecule has 0 unspecified atom stereocenters. The predicted octanol–water partition coefficient (Wildman–Crippen LogP) is 7.12. The maximum absolute atomic E-state index is 14.3. The number of hydrogen-bond acceptors (Lipinski definition) is 7. The van der Waals surface area contributed by atoms with Crippen molar-refractivity contribution in [2.24, 2.45) is 0 Å². The molecule has 12 heteroatoms. The van der Waals surface area contributed by atoms with Crippen molar-refractivity contribution in [3.8, 4) is 28.8 Å². The summed E-state index contributed by atoms with van der Waals surface area (Å²) in [6.45, 7) is 2.09. The lowest BCUT2D eigenvalue weighted by atomic mass is 9.77. The van der Waals surface area contributed by atoms with Crippen LogP contribution in [0.2, 0.25) is 5.02 Å². The number of imidazole rings is 1. The van der Waals surface area contributed by atoms with Crippen LogP contribution in [0, 0.1) is 17.1 Å². The number of nitriles is 1. The van der Waals surface area contributed by atoms with Gasteiger partial charge in [-0.25, -0.2) is 9.37 Å². The van der Waals surface area contributed by atoms with E-state index in [0.717, 1.165) is 16.7 Å². The maximum Gasteiger partial charge on any atom is 0.316 e. The normalized spacial score (nSPS) is 12.0. The van der Waals surface area contributed by atoms with Crippen LogP contribution in [0.4, 0.5) is 4.39 Å². The van der Waals surface area contributed by atoms with Crippen LogP contribution in [0.5, 0.6) is 0 Å². The first-order valence-electron chi connectivity index (χ1n) is 15.7. The molecule has 4 aromatic carbocycles. The molecule has 3 heterocycles. The summed E-state index contributed by atoms with van der Waals surface area (Å²) >= 11 is 6.06. The molecule has 0 fully saturated rings. The van der Waals surface area contributed by atoms with Gasteiger partial charge in [0.25, 0.3) is 0 Å². The Morgan fingerprint density at radius 3 is 2.16 bits per heavy atom. The van der Waals surface area contributed by atoms with Crippen LogP contribution < -0.4 is 5.32 Å². The van der Waals surface area contributed by atoms with Gasteiger partial charge in [-0.1, -0.05) is 108 Å². The van der Waals surface area contributed by atoms with Gasteiger partial charge < -0.3 is 14.4 Å². The number of hydrogen-bond donors (Lipinski definition) is 1. The maximum atomic E-state index is 14.3. The topological polar surface area (TPSA) is 127 Å².